The number of hydrogen-bond acceptors (Lipinski definition) is 2. The van der Waals surface area contributed by atoms with E-state index in [0.29, 0.717) is 11.0 Å². The summed E-state index contributed by atoms with van der Waals surface area (Å²) in [6.07, 6.45) is 1.37. The Balaban J connectivity index is 2.25. The third-order valence-electron chi connectivity index (χ3n) is 2.96. The number of aromatic nitrogens is 2. The zero-order chi connectivity index (χ0) is 14.3. The second-order valence-corrected chi connectivity index (χ2v) is 4.22. The van der Waals surface area contributed by atoms with E-state index in [9.17, 15) is 13.6 Å². The summed E-state index contributed by atoms with van der Waals surface area (Å²) in [7, 11) is 0. The van der Waals surface area contributed by atoms with E-state index in [0.717, 1.165) is 12.1 Å². The first-order valence-corrected chi connectivity index (χ1v) is 5.72. The summed E-state index contributed by atoms with van der Waals surface area (Å²) in [5.41, 5.74) is 1.15. The van der Waals surface area contributed by atoms with Gasteiger partial charge in [-0.1, -0.05) is 0 Å². The molecule has 0 spiro atoms. The van der Waals surface area contributed by atoms with E-state index in [1.54, 1.807) is 0 Å². The SMILES string of the molecule is O=C(O)c1ccc2ncn(-c3ccc(F)cc3F)c2c1. The molecule has 0 aliphatic carbocycles. The highest BCUT2D eigenvalue weighted by Gasteiger charge is 2.12. The molecule has 1 aromatic heterocycles. The number of fused-ring (bicyclic) bond motifs is 1. The molecule has 3 rings (SSSR count). The monoisotopic (exact) mass is 274 g/mol. The summed E-state index contributed by atoms with van der Waals surface area (Å²) in [6, 6.07) is 7.53. The van der Waals surface area contributed by atoms with Gasteiger partial charge in [-0.05, 0) is 30.3 Å². The van der Waals surface area contributed by atoms with Crippen molar-refractivity contribution in [2.45, 2.75) is 0 Å². The van der Waals surface area contributed by atoms with Crippen LogP contribution in [-0.4, -0.2) is 20.6 Å². The maximum absolute atomic E-state index is 13.8. The summed E-state index contributed by atoms with van der Waals surface area (Å²) in [4.78, 5) is 15.0. The van der Waals surface area contributed by atoms with E-state index in [1.807, 2.05) is 0 Å². The molecule has 1 N–H and O–H groups in total. The van der Waals surface area contributed by atoms with Crippen LogP contribution in [0.25, 0.3) is 16.7 Å². The standard InChI is InChI=1S/C14H8F2N2O2/c15-9-2-4-12(10(16)6-9)18-7-17-11-3-1-8(14(19)20)5-13(11)18/h1-7H,(H,19,20). The van der Waals surface area contributed by atoms with Crippen LogP contribution in [0.3, 0.4) is 0 Å². The number of carbonyl (C=O) groups is 1. The largest absolute Gasteiger partial charge is 0.478 e. The lowest BCUT2D eigenvalue weighted by atomic mass is 10.2. The van der Waals surface area contributed by atoms with Gasteiger partial charge in [0.15, 0.2) is 0 Å². The van der Waals surface area contributed by atoms with Crippen LogP contribution < -0.4 is 0 Å². The van der Waals surface area contributed by atoms with E-state index in [2.05, 4.69) is 4.98 Å². The van der Waals surface area contributed by atoms with E-state index in [-0.39, 0.29) is 11.3 Å². The van der Waals surface area contributed by atoms with Crippen LogP contribution >= 0.6 is 0 Å². The molecular weight excluding hydrogens is 266 g/mol. The Hall–Kier alpha value is -2.76. The van der Waals surface area contributed by atoms with Crippen molar-refractivity contribution in [3.05, 3.63) is 59.9 Å². The Kier molecular flexibility index (Phi) is 2.71. The molecule has 0 saturated heterocycles. The molecule has 6 heteroatoms. The average Bonchev–Trinajstić information content (AvgIpc) is 2.81. The molecule has 2 aromatic carbocycles. The fourth-order valence-corrected chi connectivity index (χ4v) is 2.01. The number of halogens is 2. The van der Waals surface area contributed by atoms with Gasteiger partial charge in [0.25, 0.3) is 0 Å². The molecule has 0 radical (unpaired) electrons. The third-order valence-corrected chi connectivity index (χ3v) is 2.96. The van der Waals surface area contributed by atoms with Crippen LogP contribution in [0.4, 0.5) is 8.78 Å². The lowest BCUT2D eigenvalue weighted by Gasteiger charge is -2.06. The van der Waals surface area contributed by atoms with Crippen LogP contribution in [0.1, 0.15) is 10.4 Å². The van der Waals surface area contributed by atoms with Crippen LogP contribution in [0.5, 0.6) is 0 Å². The van der Waals surface area contributed by atoms with Crippen molar-refractivity contribution in [1.29, 1.82) is 0 Å². The Morgan fingerprint density at radius 3 is 2.65 bits per heavy atom. The molecule has 0 aliphatic rings. The summed E-state index contributed by atoms with van der Waals surface area (Å²) in [5.74, 6) is -2.51. The first kappa shape index (κ1) is 12.3. The number of aromatic carboxylic acids is 1. The van der Waals surface area contributed by atoms with Crippen LogP contribution in [0.2, 0.25) is 0 Å². The van der Waals surface area contributed by atoms with Gasteiger partial charge in [-0.2, -0.15) is 0 Å². The fourth-order valence-electron chi connectivity index (χ4n) is 2.01. The molecule has 0 atom stereocenters. The zero-order valence-corrected chi connectivity index (χ0v) is 10.0. The molecule has 3 aromatic rings. The normalized spacial score (nSPS) is 10.9. The highest BCUT2D eigenvalue weighted by molar-refractivity contribution is 5.92. The molecule has 1 heterocycles. The minimum atomic E-state index is -1.08. The van der Waals surface area contributed by atoms with Crippen molar-refractivity contribution < 1.29 is 18.7 Å². The molecule has 0 bridgehead atoms. The molecule has 0 saturated carbocycles. The lowest BCUT2D eigenvalue weighted by Crippen LogP contribution is -1.99. The van der Waals surface area contributed by atoms with Crippen molar-refractivity contribution in [3.8, 4) is 5.69 Å². The first-order valence-electron chi connectivity index (χ1n) is 5.72. The third kappa shape index (κ3) is 1.91. The van der Waals surface area contributed by atoms with Crippen LogP contribution in [0, 0.1) is 11.6 Å². The number of carboxylic acid groups (broad SMARTS) is 1. The summed E-state index contributed by atoms with van der Waals surface area (Å²) >= 11 is 0. The van der Waals surface area contributed by atoms with Crippen molar-refractivity contribution in [3.63, 3.8) is 0 Å². The van der Waals surface area contributed by atoms with Gasteiger partial charge in [0.1, 0.15) is 18.0 Å². The molecule has 0 aliphatic heterocycles. The molecule has 100 valence electrons. The maximum atomic E-state index is 13.8. The molecule has 4 nitrogen and oxygen atoms in total. The number of carboxylic acids is 1. The van der Waals surface area contributed by atoms with Crippen LogP contribution in [-0.2, 0) is 0 Å². The topological polar surface area (TPSA) is 55.1 Å². The van der Waals surface area contributed by atoms with Crippen molar-refractivity contribution in [2.75, 3.05) is 0 Å². The Morgan fingerprint density at radius 1 is 1.15 bits per heavy atom. The van der Waals surface area contributed by atoms with Gasteiger partial charge < -0.3 is 5.11 Å². The maximum Gasteiger partial charge on any atom is 0.335 e. The lowest BCUT2D eigenvalue weighted by molar-refractivity contribution is 0.0697. The Morgan fingerprint density at radius 2 is 1.95 bits per heavy atom. The van der Waals surface area contributed by atoms with Crippen molar-refractivity contribution in [2.24, 2.45) is 0 Å². The summed E-state index contributed by atoms with van der Waals surface area (Å²) < 4.78 is 28.1. The first-order chi connectivity index (χ1) is 9.56. The molecule has 0 fully saturated rings. The van der Waals surface area contributed by atoms with Crippen molar-refractivity contribution >= 4 is 17.0 Å². The van der Waals surface area contributed by atoms with Gasteiger partial charge >= 0.3 is 5.97 Å². The number of benzene rings is 2. The van der Waals surface area contributed by atoms with Crippen LogP contribution in [0.15, 0.2) is 42.7 Å². The summed E-state index contributed by atoms with van der Waals surface area (Å²) in [5, 5.41) is 8.98. The second-order valence-electron chi connectivity index (χ2n) is 4.22. The van der Waals surface area contributed by atoms with Gasteiger partial charge in [0, 0.05) is 6.07 Å². The van der Waals surface area contributed by atoms with E-state index < -0.39 is 17.6 Å². The smallest absolute Gasteiger partial charge is 0.335 e. The minimum Gasteiger partial charge on any atom is -0.478 e. The van der Waals surface area contributed by atoms with E-state index >= 15 is 0 Å². The van der Waals surface area contributed by atoms with Gasteiger partial charge in [-0.25, -0.2) is 18.6 Å². The highest BCUT2D eigenvalue weighted by atomic mass is 19.1. The zero-order valence-electron chi connectivity index (χ0n) is 10.0. The van der Waals surface area contributed by atoms with Gasteiger partial charge in [0.2, 0.25) is 0 Å². The minimum absolute atomic E-state index is 0.0711. The Labute approximate surface area is 111 Å². The average molecular weight is 274 g/mol. The highest BCUT2D eigenvalue weighted by Crippen LogP contribution is 2.22. The van der Waals surface area contributed by atoms with Gasteiger partial charge in [-0.3, -0.25) is 4.57 Å². The predicted octanol–water partition coefficient (Wildman–Crippen LogP) is 3.00. The quantitative estimate of drug-likeness (QED) is 0.781. The number of hydrogen-bond donors (Lipinski definition) is 1. The molecule has 0 amide bonds. The molecule has 0 unspecified atom stereocenters. The predicted molar refractivity (Wildman–Crippen MR) is 67.9 cm³/mol. The molecule has 20 heavy (non-hydrogen) atoms. The fraction of sp³-hybridized carbons (Fsp3) is 0. The van der Waals surface area contributed by atoms with Gasteiger partial charge in [-0.15, -0.1) is 0 Å². The van der Waals surface area contributed by atoms with Gasteiger partial charge in [0.05, 0.1) is 22.3 Å². The number of rotatable bonds is 2. The number of imidazole rings is 1. The Bertz CT molecular complexity index is 827. The van der Waals surface area contributed by atoms with E-state index in [4.69, 9.17) is 5.11 Å². The number of nitrogens with zero attached hydrogens (tertiary/aromatic N) is 2. The molecular formula is C14H8F2N2O2. The van der Waals surface area contributed by atoms with E-state index in [1.165, 1.54) is 35.2 Å². The second kappa shape index (κ2) is 4.41. The van der Waals surface area contributed by atoms with Crippen molar-refractivity contribution in [1.82, 2.24) is 9.55 Å². The summed E-state index contributed by atoms with van der Waals surface area (Å²) in [6.45, 7) is 0.